The van der Waals surface area contributed by atoms with Gasteiger partial charge in [-0.15, -0.1) is 0 Å². The Morgan fingerprint density at radius 3 is 2.64 bits per heavy atom. The van der Waals surface area contributed by atoms with E-state index in [-0.39, 0.29) is 6.10 Å². The zero-order valence-corrected chi connectivity index (χ0v) is 9.08. The summed E-state index contributed by atoms with van der Waals surface area (Å²) in [5.41, 5.74) is 0. The smallest absolute Gasteiger partial charge is 0.0693 e. The summed E-state index contributed by atoms with van der Waals surface area (Å²) in [6.07, 6.45) is 4.52. The number of hydrogen-bond donors (Lipinski definition) is 2. The second-order valence-electron chi connectivity index (χ2n) is 4.67. The number of nitrogens with one attached hydrogen (secondary N) is 1. The minimum absolute atomic E-state index is 0.0978. The average molecular weight is 198 g/mol. The van der Waals surface area contributed by atoms with Crippen LogP contribution in [0.3, 0.4) is 0 Å². The van der Waals surface area contributed by atoms with E-state index in [0.29, 0.717) is 12.1 Å². The molecule has 3 heteroatoms. The Balaban J connectivity index is 1.69. The molecule has 1 aliphatic heterocycles. The summed E-state index contributed by atoms with van der Waals surface area (Å²) in [4.78, 5) is 2.42. The summed E-state index contributed by atoms with van der Waals surface area (Å²) in [5.74, 6) is 0. The monoisotopic (exact) mass is 198 g/mol. The lowest BCUT2D eigenvalue weighted by molar-refractivity contribution is 0.0557. The quantitative estimate of drug-likeness (QED) is 0.696. The molecular formula is C11H22N2O. The predicted molar refractivity (Wildman–Crippen MR) is 57.3 cm³/mol. The normalized spacial score (nSPS) is 35.6. The molecule has 0 aromatic carbocycles. The SMILES string of the molecule is CCN1CC(NC2CCCCC2O)C1. The fraction of sp³-hybridized carbons (Fsp3) is 1.00. The molecular weight excluding hydrogens is 176 g/mol. The minimum Gasteiger partial charge on any atom is -0.392 e. The lowest BCUT2D eigenvalue weighted by Gasteiger charge is -2.42. The van der Waals surface area contributed by atoms with Crippen LogP contribution in [0, 0.1) is 0 Å². The summed E-state index contributed by atoms with van der Waals surface area (Å²) >= 11 is 0. The Morgan fingerprint density at radius 1 is 1.29 bits per heavy atom. The fourth-order valence-corrected chi connectivity index (χ4v) is 2.54. The van der Waals surface area contributed by atoms with Crippen LogP contribution in [-0.2, 0) is 0 Å². The van der Waals surface area contributed by atoms with E-state index >= 15 is 0 Å². The van der Waals surface area contributed by atoms with Crippen LogP contribution in [-0.4, -0.2) is 47.8 Å². The standard InChI is InChI=1S/C11H22N2O/c1-2-13-7-9(8-13)12-10-5-3-4-6-11(10)14/h9-12,14H,2-8H2,1H3. The highest BCUT2D eigenvalue weighted by atomic mass is 16.3. The Bertz CT molecular complexity index is 180. The molecule has 2 fully saturated rings. The van der Waals surface area contributed by atoms with Crippen LogP contribution in [0.4, 0.5) is 0 Å². The number of likely N-dealkylation sites (tertiary alicyclic amines) is 1. The molecule has 3 nitrogen and oxygen atoms in total. The first-order valence-corrected chi connectivity index (χ1v) is 5.96. The van der Waals surface area contributed by atoms with Crippen molar-refractivity contribution >= 4 is 0 Å². The molecule has 2 aliphatic rings. The maximum atomic E-state index is 9.78. The van der Waals surface area contributed by atoms with E-state index in [0.717, 1.165) is 19.4 Å². The number of likely N-dealkylation sites (N-methyl/N-ethyl adjacent to an activating group) is 1. The van der Waals surface area contributed by atoms with E-state index in [1.807, 2.05) is 0 Å². The first-order chi connectivity index (χ1) is 6.79. The van der Waals surface area contributed by atoms with Gasteiger partial charge in [0.15, 0.2) is 0 Å². The van der Waals surface area contributed by atoms with Gasteiger partial charge in [0.05, 0.1) is 6.10 Å². The first-order valence-electron chi connectivity index (χ1n) is 5.96. The highest BCUT2D eigenvalue weighted by Crippen LogP contribution is 2.20. The number of nitrogens with zero attached hydrogens (tertiary/aromatic N) is 1. The highest BCUT2D eigenvalue weighted by Gasteiger charge is 2.30. The van der Waals surface area contributed by atoms with Gasteiger partial charge in [-0.1, -0.05) is 19.8 Å². The molecule has 0 aromatic rings. The van der Waals surface area contributed by atoms with Crippen molar-refractivity contribution in [2.75, 3.05) is 19.6 Å². The molecule has 1 saturated heterocycles. The van der Waals surface area contributed by atoms with Gasteiger partial charge in [-0.25, -0.2) is 0 Å². The molecule has 82 valence electrons. The van der Waals surface area contributed by atoms with Crippen molar-refractivity contribution in [3.8, 4) is 0 Å². The zero-order chi connectivity index (χ0) is 9.97. The van der Waals surface area contributed by atoms with Crippen molar-refractivity contribution < 1.29 is 5.11 Å². The van der Waals surface area contributed by atoms with Crippen molar-refractivity contribution in [1.29, 1.82) is 0 Å². The van der Waals surface area contributed by atoms with E-state index in [2.05, 4.69) is 17.1 Å². The average Bonchev–Trinajstić information content (AvgIpc) is 2.13. The molecule has 2 unspecified atom stereocenters. The van der Waals surface area contributed by atoms with Crippen LogP contribution >= 0.6 is 0 Å². The number of aliphatic hydroxyl groups is 1. The van der Waals surface area contributed by atoms with Crippen LogP contribution in [0.25, 0.3) is 0 Å². The molecule has 0 radical (unpaired) electrons. The fourth-order valence-electron chi connectivity index (χ4n) is 2.54. The lowest BCUT2D eigenvalue weighted by Crippen LogP contribution is -2.61. The van der Waals surface area contributed by atoms with Gasteiger partial charge in [-0.3, -0.25) is 0 Å². The largest absolute Gasteiger partial charge is 0.392 e. The van der Waals surface area contributed by atoms with Crippen molar-refractivity contribution in [1.82, 2.24) is 10.2 Å². The molecule has 0 spiro atoms. The van der Waals surface area contributed by atoms with Crippen LogP contribution in [0.5, 0.6) is 0 Å². The van der Waals surface area contributed by atoms with Gasteiger partial charge in [0.2, 0.25) is 0 Å². The zero-order valence-electron chi connectivity index (χ0n) is 9.08. The maximum absolute atomic E-state index is 9.78. The van der Waals surface area contributed by atoms with Crippen molar-refractivity contribution in [2.24, 2.45) is 0 Å². The molecule has 1 heterocycles. The van der Waals surface area contributed by atoms with Gasteiger partial charge < -0.3 is 15.3 Å². The molecule has 0 amide bonds. The predicted octanol–water partition coefficient (Wildman–Crippen LogP) is 0.584. The molecule has 0 bridgehead atoms. The van der Waals surface area contributed by atoms with Gasteiger partial charge in [-0.2, -0.15) is 0 Å². The third kappa shape index (κ3) is 2.27. The van der Waals surface area contributed by atoms with E-state index in [1.54, 1.807) is 0 Å². The summed E-state index contributed by atoms with van der Waals surface area (Å²) in [6.45, 7) is 5.69. The third-order valence-corrected chi connectivity index (χ3v) is 3.58. The van der Waals surface area contributed by atoms with E-state index < -0.39 is 0 Å². The number of aliphatic hydroxyl groups excluding tert-OH is 1. The van der Waals surface area contributed by atoms with Crippen LogP contribution in [0.2, 0.25) is 0 Å². The van der Waals surface area contributed by atoms with Gasteiger partial charge in [0.1, 0.15) is 0 Å². The highest BCUT2D eigenvalue weighted by molar-refractivity contribution is 4.90. The minimum atomic E-state index is -0.0978. The molecule has 2 N–H and O–H groups in total. The Morgan fingerprint density at radius 2 is 2.00 bits per heavy atom. The molecule has 0 aromatic heterocycles. The Labute approximate surface area is 86.5 Å². The second kappa shape index (κ2) is 4.60. The van der Waals surface area contributed by atoms with E-state index in [9.17, 15) is 5.11 Å². The van der Waals surface area contributed by atoms with Gasteiger partial charge in [0, 0.05) is 25.2 Å². The van der Waals surface area contributed by atoms with Crippen molar-refractivity contribution in [3.63, 3.8) is 0 Å². The first kappa shape index (κ1) is 10.4. The summed E-state index contributed by atoms with van der Waals surface area (Å²) < 4.78 is 0. The third-order valence-electron chi connectivity index (χ3n) is 3.58. The summed E-state index contributed by atoms with van der Waals surface area (Å²) in [7, 11) is 0. The van der Waals surface area contributed by atoms with Gasteiger partial charge >= 0.3 is 0 Å². The van der Waals surface area contributed by atoms with Gasteiger partial charge in [0.25, 0.3) is 0 Å². The molecule has 2 atom stereocenters. The van der Waals surface area contributed by atoms with Crippen LogP contribution < -0.4 is 5.32 Å². The van der Waals surface area contributed by atoms with E-state index in [1.165, 1.54) is 25.9 Å². The Kier molecular flexibility index (Phi) is 3.42. The number of hydrogen-bond acceptors (Lipinski definition) is 3. The summed E-state index contributed by atoms with van der Waals surface area (Å²) in [6, 6.07) is 1.00. The van der Waals surface area contributed by atoms with Crippen molar-refractivity contribution in [3.05, 3.63) is 0 Å². The van der Waals surface area contributed by atoms with Crippen LogP contribution in [0.1, 0.15) is 32.6 Å². The lowest BCUT2D eigenvalue weighted by atomic mass is 9.91. The molecule has 2 rings (SSSR count). The topological polar surface area (TPSA) is 35.5 Å². The molecule has 1 aliphatic carbocycles. The summed E-state index contributed by atoms with van der Waals surface area (Å²) in [5, 5.41) is 13.4. The second-order valence-corrected chi connectivity index (χ2v) is 4.67. The van der Waals surface area contributed by atoms with Crippen molar-refractivity contribution in [2.45, 2.75) is 50.8 Å². The van der Waals surface area contributed by atoms with Gasteiger partial charge in [-0.05, 0) is 19.4 Å². The molecule has 1 saturated carbocycles. The number of rotatable bonds is 3. The van der Waals surface area contributed by atoms with E-state index in [4.69, 9.17) is 0 Å². The Hall–Kier alpha value is -0.120. The van der Waals surface area contributed by atoms with Crippen LogP contribution in [0.15, 0.2) is 0 Å². The molecule has 14 heavy (non-hydrogen) atoms. The maximum Gasteiger partial charge on any atom is 0.0693 e.